The number of anilines is 1. The molecule has 0 aliphatic heterocycles. The van der Waals surface area contributed by atoms with E-state index in [1.165, 1.54) is 12.8 Å². The summed E-state index contributed by atoms with van der Waals surface area (Å²) in [6, 6.07) is 9.46. The van der Waals surface area contributed by atoms with Crippen molar-refractivity contribution in [3.63, 3.8) is 0 Å². The standard InChI is InChI=1S/C20H22N4O3/c1-25-16-10-7-12(11-17(16)26-2)14-8-9-15-18(22-14)19(24-20(21)23-15)27-13-5-3-4-6-13/h7-11,13H,3-6H2,1-2H3,(H2,21,23,24). The number of methoxy groups -OCH3 is 2. The second kappa shape index (κ2) is 7.26. The number of benzene rings is 1. The van der Waals surface area contributed by atoms with Crippen molar-refractivity contribution in [2.45, 2.75) is 31.8 Å². The molecule has 3 aromatic rings. The summed E-state index contributed by atoms with van der Waals surface area (Å²) in [6.45, 7) is 0. The predicted octanol–water partition coefficient (Wildman–Crippen LogP) is 3.61. The molecule has 7 nitrogen and oxygen atoms in total. The maximum absolute atomic E-state index is 6.10. The van der Waals surface area contributed by atoms with Crippen molar-refractivity contribution in [2.24, 2.45) is 0 Å². The molecule has 0 radical (unpaired) electrons. The van der Waals surface area contributed by atoms with Crippen molar-refractivity contribution < 1.29 is 14.2 Å². The highest BCUT2D eigenvalue weighted by Crippen LogP contribution is 2.33. The average Bonchev–Trinajstić information content (AvgIpc) is 3.20. The second-order valence-corrected chi connectivity index (χ2v) is 6.55. The normalized spacial score (nSPS) is 14.4. The fraction of sp³-hybridized carbons (Fsp3) is 0.350. The third kappa shape index (κ3) is 3.45. The maximum atomic E-state index is 6.10. The van der Waals surface area contributed by atoms with Crippen LogP contribution in [-0.2, 0) is 0 Å². The van der Waals surface area contributed by atoms with E-state index in [4.69, 9.17) is 24.9 Å². The summed E-state index contributed by atoms with van der Waals surface area (Å²) < 4.78 is 16.8. The Balaban J connectivity index is 1.77. The van der Waals surface area contributed by atoms with Gasteiger partial charge in [0, 0.05) is 5.56 Å². The molecule has 140 valence electrons. The molecule has 1 fully saturated rings. The number of hydrogen-bond acceptors (Lipinski definition) is 7. The molecule has 1 aliphatic carbocycles. The Morgan fingerprint density at radius 2 is 1.70 bits per heavy atom. The Morgan fingerprint density at radius 1 is 0.926 bits per heavy atom. The van der Waals surface area contributed by atoms with Gasteiger partial charge in [0.2, 0.25) is 11.8 Å². The lowest BCUT2D eigenvalue weighted by Crippen LogP contribution is -2.13. The van der Waals surface area contributed by atoms with Gasteiger partial charge in [-0.2, -0.15) is 4.98 Å². The van der Waals surface area contributed by atoms with Crippen LogP contribution in [0, 0.1) is 0 Å². The number of pyridine rings is 1. The smallest absolute Gasteiger partial charge is 0.245 e. The molecule has 4 rings (SSSR count). The van der Waals surface area contributed by atoms with E-state index in [2.05, 4.69) is 9.97 Å². The van der Waals surface area contributed by atoms with Gasteiger partial charge in [0.25, 0.3) is 0 Å². The summed E-state index contributed by atoms with van der Waals surface area (Å²) in [5.41, 5.74) is 8.81. The van der Waals surface area contributed by atoms with Crippen LogP contribution in [0.2, 0.25) is 0 Å². The maximum Gasteiger partial charge on any atom is 0.245 e. The van der Waals surface area contributed by atoms with Crippen LogP contribution in [0.5, 0.6) is 17.4 Å². The van der Waals surface area contributed by atoms with E-state index < -0.39 is 0 Å². The third-order valence-electron chi connectivity index (χ3n) is 4.79. The SMILES string of the molecule is COc1ccc(-c2ccc3nc(N)nc(OC4CCCC4)c3n2)cc1OC. The van der Waals surface area contributed by atoms with E-state index in [-0.39, 0.29) is 12.1 Å². The van der Waals surface area contributed by atoms with Crippen LogP contribution in [-0.4, -0.2) is 35.3 Å². The summed E-state index contributed by atoms with van der Waals surface area (Å²) in [4.78, 5) is 13.3. The van der Waals surface area contributed by atoms with Crippen LogP contribution in [0.1, 0.15) is 25.7 Å². The summed E-state index contributed by atoms with van der Waals surface area (Å²) in [5.74, 6) is 1.96. The minimum atomic E-state index is 0.161. The number of hydrogen-bond donors (Lipinski definition) is 1. The van der Waals surface area contributed by atoms with Gasteiger partial charge in [-0.25, -0.2) is 9.97 Å². The molecule has 2 N–H and O–H groups in total. The lowest BCUT2D eigenvalue weighted by atomic mass is 10.1. The van der Waals surface area contributed by atoms with Gasteiger partial charge >= 0.3 is 0 Å². The number of ether oxygens (including phenoxy) is 3. The first kappa shape index (κ1) is 17.3. The number of nitrogen functional groups attached to an aromatic ring is 1. The number of aromatic nitrogens is 3. The van der Waals surface area contributed by atoms with Gasteiger partial charge in [-0.1, -0.05) is 0 Å². The second-order valence-electron chi connectivity index (χ2n) is 6.55. The number of nitrogens with two attached hydrogens (primary N) is 1. The highest BCUT2D eigenvalue weighted by molar-refractivity contribution is 5.83. The molecule has 1 aromatic carbocycles. The average molecular weight is 366 g/mol. The highest BCUT2D eigenvalue weighted by Gasteiger charge is 2.20. The number of rotatable bonds is 5. The van der Waals surface area contributed by atoms with Crippen LogP contribution in [0.3, 0.4) is 0 Å². The first-order chi connectivity index (χ1) is 13.2. The molecule has 7 heteroatoms. The summed E-state index contributed by atoms with van der Waals surface area (Å²) in [7, 11) is 3.22. The molecule has 0 atom stereocenters. The van der Waals surface area contributed by atoms with Gasteiger partial charge in [-0.15, -0.1) is 0 Å². The fourth-order valence-corrected chi connectivity index (χ4v) is 3.41. The Bertz CT molecular complexity index is 971. The largest absolute Gasteiger partial charge is 0.493 e. The van der Waals surface area contributed by atoms with E-state index in [0.29, 0.717) is 28.4 Å². The summed E-state index contributed by atoms with van der Waals surface area (Å²) >= 11 is 0. The molecular formula is C20H22N4O3. The number of nitrogens with zero attached hydrogens (tertiary/aromatic N) is 3. The molecule has 2 heterocycles. The van der Waals surface area contributed by atoms with Gasteiger partial charge in [0.05, 0.1) is 25.4 Å². The summed E-state index contributed by atoms with van der Waals surface area (Å²) in [5, 5.41) is 0. The first-order valence-electron chi connectivity index (χ1n) is 9.01. The molecule has 0 amide bonds. The van der Waals surface area contributed by atoms with Gasteiger partial charge < -0.3 is 19.9 Å². The monoisotopic (exact) mass is 366 g/mol. The molecule has 0 spiro atoms. The lowest BCUT2D eigenvalue weighted by Gasteiger charge is -2.14. The zero-order valence-corrected chi connectivity index (χ0v) is 15.4. The zero-order chi connectivity index (χ0) is 18.8. The zero-order valence-electron chi connectivity index (χ0n) is 15.4. The first-order valence-corrected chi connectivity index (χ1v) is 9.01. The topological polar surface area (TPSA) is 92.4 Å². The van der Waals surface area contributed by atoms with Crippen molar-refractivity contribution in [3.8, 4) is 28.6 Å². The highest BCUT2D eigenvalue weighted by atomic mass is 16.5. The number of fused-ring (bicyclic) bond motifs is 1. The van der Waals surface area contributed by atoms with Crippen molar-refractivity contribution in [3.05, 3.63) is 30.3 Å². The van der Waals surface area contributed by atoms with Crippen molar-refractivity contribution >= 4 is 17.0 Å². The van der Waals surface area contributed by atoms with Gasteiger partial charge in [0.15, 0.2) is 17.0 Å². The van der Waals surface area contributed by atoms with Crippen molar-refractivity contribution in [1.29, 1.82) is 0 Å². The minimum Gasteiger partial charge on any atom is -0.493 e. The Labute approximate surface area is 157 Å². The van der Waals surface area contributed by atoms with Crippen LogP contribution >= 0.6 is 0 Å². The molecule has 1 saturated carbocycles. The quantitative estimate of drug-likeness (QED) is 0.737. The van der Waals surface area contributed by atoms with Gasteiger partial charge in [0.1, 0.15) is 6.10 Å². The fourth-order valence-electron chi connectivity index (χ4n) is 3.41. The van der Waals surface area contributed by atoms with Gasteiger partial charge in [-0.05, 0) is 56.0 Å². The molecule has 2 aromatic heterocycles. The Kier molecular flexibility index (Phi) is 4.66. The Hall–Kier alpha value is -3.09. The van der Waals surface area contributed by atoms with E-state index in [1.54, 1.807) is 14.2 Å². The van der Waals surface area contributed by atoms with Crippen LogP contribution < -0.4 is 19.9 Å². The van der Waals surface area contributed by atoms with Crippen LogP contribution in [0.4, 0.5) is 5.95 Å². The van der Waals surface area contributed by atoms with Crippen LogP contribution in [0.25, 0.3) is 22.3 Å². The van der Waals surface area contributed by atoms with Crippen molar-refractivity contribution in [2.75, 3.05) is 20.0 Å². The molecule has 1 aliphatic rings. The molecule has 0 unspecified atom stereocenters. The minimum absolute atomic E-state index is 0.161. The Morgan fingerprint density at radius 3 is 2.44 bits per heavy atom. The van der Waals surface area contributed by atoms with Crippen LogP contribution in [0.15, 0.2) is 30.3 Å². The van der Waals surface area contributed by atoms with Gasteiger partial charge in [-0.3, -0.25) is 0 Å². The third-order valence-corrected chi connectivity index (χ3v) is 4.79. The molecule has 0 bridgehead atoms. The summed E-state index contributed by atoms with van der Waals surface area (Å²) in [6.07, 6.45) is 4.57. The van der Waals surface area contributed by atoms with E-state index in [9.17, 15) is 0 Å². The predicted molar refractivity (Wildman–Crippen MR) is 103 cm³/mol. The molecule has 0 saturated heterocycles. The van der Waals surface area contributed by atoms with E-state index in [1.807, 2.05) is 30.3 Å². The van der Waals surface area contributed by atoms with Crippen molar-refractivity contribution in [1.82, 2.24) is 15.0 Å². The van der Waals surface area contributed by atoms with E-state index >= 15 is 0 Å². The molecular weight excluding hydrogens is 344 g/mol. The molecule has 27 heavy (non-hydrogen) atoms. The lowest BCUT2D eigenvalue weighted by molar-refractivity contribution is 0.204. The van der Waals surface area contributed by atoms with E-state index in [0.717, 1.165) is 24.1 Å².